The smallest absolute Gasteiger partial charge is 0.435 e. The fourth-order valence-electron chi connectivity index (χ4n) is 5.38. The van der Waals surface area contributed by atoms with Gasteiger partial charge in [0.15, 0.2) is 5.78 Å². The molecule has 0 bridgehead atoms. The lowest BCUT2D eigenvalue weighted by Gasteiger charge is -2.19. The number of ketones is 1. The summed E-state index contributed by atoms with van der Waals surface area (Å²) in [6, 6.07) is 4.53. The molecule has 6 rings (SSSR count). The average molecular weight is 578 g/mol. The Balaban J connectivity index is 1.55. The molecule has 0 saturated heterocycles. The summed E-state index contributed by atoms with van der Waals surface area (Å²) in [6.07, 6.45) is 6.23. The van der Waals surface area contributed by atoms with Crippen LogP contribution >= 0.6 is 11.6 Å². The van der Waals surface area contributed by atoms with Crippen molar-refractivity contribution in [2.45, 2.75) is 45.8 Å². The Kier molecular flexibility index (Phi) is 6.26. The molecule has 1 aliphatic heterocycles. The van der Waals surface area contributed by atoms with Crippen molar-refractivity contribution in [3.8, 4) is 5.75 Å². The van der Waals surface area contributed by atoms with E-state index in [0.717, 1.165) is 4.68 Å². The first-order valence-electron chi connectivity index (χ1n) is 13.0. The molecule has 3 heterocycles. The first-order valence-corrected chi connectivity index (χ1v) is 13.4. The SMILES string of the molecule is CC(C)(C)OC(=O)n1ncc2cc(Cn3c(C(=O)O)c(C4=CC=CCC4=O)c4c5c(c(F)cc43)CCO5)c(Cl)cc21. The normalized spacial score (nSPS) is 14.9. The number of aromatic carboxylic acids is 1. The summed E-state index contributed by atoms with van der Waals surface area (Å²) in [5, 5.41) is 15.8. The van der Waals surface area contributed by atoms with Crippen molar-refractivity contribution < 1.29 is 33.4 Å². The molecule has 0 atom stereocenters. The van der Waals surface area contributed by atoms with Gasteiger partial charge in [0.25, 0.3) is 0 Å². The van der Waals surface area contributed by atoms with Crippen LogP contribution in [0.15, 0.2) is 42.6 Å². The minimum Gasteiger partial charge on any atom is -0.492 e. The van der Waals surface area contributed by atoms with Crippen molar-refractivity contribution >= 4 is 56.8 Å². The Bertz CT molecular complexity index is 1870. The van der Waals surface area contributed by atoms with Crippen molar-refractivity contribution in [1.82, 2.24) is 14.3 Å². The van der Waals surface area contributed by atoms with Gasteiger partial charge in [0.2, 0.25) is 0 Å². The van der Waals surface area contributed by atoms with E-state index in [1.807, 2.05) is 0 Å². The molecule has 41 heavy (non-hydrogen) atoms. The largest absolute Gasteiger partial charge is 0.492 e. The summed E-state index contributed by atoms with van der Waals surface area (Å²) in [5.74, 6) is -1.81. The zero-order valence-electron chi connectivity index (χ0n) is 22.5. The second-order valence-corrected chi connectivity index (χ2v) is 11.4. The van der Waals surface area contributed by atoms with Crippen LogP contribution in [-0.2, 0) is 22.5 Å². The molecule has 210 valence electrons. The third-order valence-electron chi connectivity index (χ3n) is 7.06. The average Bonchev–Trinajstić information content (AvgIpc) is 3.60. The number of Topliss-reactive ketones (excluding diaryl/α,β-unsaturated/α-hetero) is 1. The highest BCUT2D eigenvalue weighted by Gasteiger charge is 2.34. The third-order valence-corrected chi connectivity index (χ3v) is 7.41. The standard InChI is InChI=1S/C30H25ClFN3O6/c1-30(2,3)41-29(39)35-21-11-19(31)16(10-15(21)13-33-35)14-34-22-12-20(32)17-8-9-40-27(17)25(22)24(26(34)28(37)38)18-6-4-5-7-23(18)36/h4-6,10-13H,7-9,14H2,1-3H3,(H,37,38). The zero-order chi connectivity index (χ0) is 29.2. The van der Waals surface area contributed by atoms with Crippen LogP contribution in [0.2, 0.25) is 5.02 Å². The first kappa shape index (κ1) is 26.8. The molecule has 2 aromatic heterocycles. The molecule has 0 saturated carbocycles. The van der Waals surface area contributed by atoms with Crippen LogP contribution in [0.3, 0.4) is 0 Å². The van der Waals surface area contributed by atoms with E-state index >= 15 is 4.39 Å². The number of halogens is 2. The highest BCUT2D eigenvalue weighted by Crippen LogP contribution is 2.44. The molecule has 4 aromatic rings. The highest BCUT2D eigenvalue weighted by atomic mass is 35.5. The Hall–Kier alpha value is -4.44. The number of carboxylic acids is 1. The van der Waals surface area contributed by atoms with E-state index in [4.69, 9.17) is 21.1 Å². The van der Waals surface area contributed by atoms with Gasteiger partial charge < -0.3 is 19.1 Å². The molecule has 0 unspecified atom stereocenters. The number of carbonyl (C=O) groups excluding carboxylic acids is 2. The Morgan fingerprint density at radius 2 is 2.00 bits per heavy atom. The lowest BCUT2D eigenvalue weighted by molar-refractivity contribution is -0.113. The van der Waals surface area contributed by atoms with Gasteiger partial charge in [-0.15, -0.1) is 0 Å². The van der Waals surface area contributed by atoms with Crippen molar-refractivity contribution in [2.24, 2.45) is 0 Å². The molecule has 9 nitrogen and oxygen atoms in total. The monoisotopic (exact) mass is 577 g/mol. The van der Waals surface area contributed by atoms with E-state index in [0.29, 0.717) is 33.8 Å². The molecule has 2 aliphatic rings. The second kappa shape index (κ2) is 9.59. The van der Waals surface area contributed by atoms with Crippen molar-refractivity contribution in [3.63, 3.8) is 0 Å². The van der Waals surface area contributed by atoms with Gasteiger partial charge in [-0.05, 0) is 44.5 Å². The summed E-state index contributed by atoms with van der Waals surface area (Å²) < 4.78 is 29.1. The lowest BCUT2D eigenvalue weighted by atomic mass is 9.92. The van der Waals surface area contributed by atoms with Crippen LogP contribution in [0.25, 0.3) is 27.4 Å². The molecule has 0 amide bonds. The summed E-state index contributed by atoms with van der Waals surface area (Å²) in [7, 11) is 0. The second-order valence-electron chi connectivity index (χ2n) is 10.9. The fourth-order valence-corrected chi connectivity index (χ4v) is 5.60. The van der Waals surface area contributed by atoms with Crippen LogP contribution in [0.1, 0.15) is 54.4 Å². The summed E-state index contributed by atoms with van der Waals surface area (Å²) in [5.41, 5.74) is 1.02. The number of carbonyl (C=O) groups is 3. The molecule has 1 N–H and O–H groups in total. The van der Waals surface area contributed by atoms with Crippen LogP contribution in [-0.4, -0.2) is 49.5 Å². The number of hydrogen-bond acceptors (Lipinski definition) is 6. The maximum atomic E-state index is 15.3. The van der Waals surface area contributed by atoms with E-state index in [1.165, 1.54) is 16.8 Å². The van der Waals surface area contributed by atoms with Crippen LogP contribution < -0.4 is 4.74 Å². The fraction of sp³-hybridized carbons (Fsp3) is 0.267. The Labute approximate surface area is 238 Å². The van der Waals surface area contributed by atoms with Gasteiger partial charge in [-0.1, -0.05) is 29.8 Å². The van der Waals surface area contributed by atoms with Gasteiger partial charge in [0, 0.05) is 46.5 Å². The van der Waals surface area contributed by atoms with Crippen molar-refractivity contribution in [1.29, 1.82) is 0 Å². The van der Waals surface area contributed by atoms with Gasteiger partial charge in [-0.2, -0.15) is 9.78 Å². The topological polar surface area (TPSA) is 113 Å². The third kappa shape index (κ3) is 4.48. The van der Waals surface area contributed by atoms with E-state index in [2.05, 4.69) is 5.10 Å². The number of fused-ring (bicyclic) bond motifs is 4. The number of ether oxygens (including phenoxy) is 2. The number of carboxylic acid groups (broad SMARTS) is 1. The van der Waals surface area contributed by atoms with Crippen LogP contribution in [0.4, 0.5) is 9.18 Å². The molecular formula is C30H25ClFN3O6. The molecule has 1 aliphatic carbocycles. The minimum absolute atomic E-state index is 0.0694. The highest BCUT2D eigenvalue weighted by molar-refractivity contribution is 6.32. The van der Waals surface area contributed by atoms with Crippen LogP contribution in [0, 0.1) is 5.82 Å². The first-order chi connectivity index (χ1) is 19.4. The van der Waals surface area contributed by atoms with E-state index in [9.17, 15) is 19.5 Å². The number of aromatic nitrogens is 3. The number of allylic oxidation sites excluding steroid dienone is 4. The maximum Gasteiger partial charge on any atom is 0.435 e. The zero-order valence-corrected chi connectivity index (χ0v) is 23.2. The number of benzene rings is 2. The molecule has 0 fully saturated rings. The van der Waals surface area contributed by atoms with Crippen molar-refractivity contribution in [2.75, 3.05) is 6.61 Å². The molecule has 2 aromatic carbocycles. The predicted molar refractivity (Wildman–Crippen MR) is 150 cm³/mol. The van der Waals surface area contributed by atoms with E-state index < -0.39 is 23.5 Å². The van der Waals surface area contributed by atoms with Gasteiger partial charge in [0.1, 0.15) is 22.9 Å². The van der Waals surface area contributed by atoms with Crippen molar-refractivity contribution in [3.05, 3.63) is 75.8 Å². The number of hydrogen-bond donors (Lipinski definition) is 1. The Morgan fingerprint density at radius 3 is 2.71 bits per heavy atom. The lowest BCUT2D eigenvalue weighted by Crippen LogP contribution is -2.27. The maximum absolute atomic E-state index is 15.3. The summed E-state index contributed by atoms with van der Waals surface area (Å²) in [6.45, 7) is 5.41. The summed E-state index contributed by atoms with van der Waals surface area (Å²) in [4.78, 5) is 38.5. The van der Waals surface area contributed by atoms with E-state index in [1.54, 1.807) is 51.1 Å². The minimum atomic E-state index is -1.29. The number of rotatable bonds is 4. The Morgan fingerprint density at radius 1 is 1.22 bits per heavy atom. The summed E-state index contributed by atoms with van der Waals surface area (Å²) >= 11 is 6.68. The van der Waals surface area contributed by atoms with Gasteiger partial charge >= 0.3 is 12.1 Å². The predicted octanol–water partition coefficient (Wildman–Crippen LogP) is 6.16. The molecule has 0 spiro atoms. The van der Waals surface area contributed by atoms with Gasteiger partial charge in [-0.25, -0.2) is 14.0 Å². The van der Waals surface area contributed by atoms with Gasteiger partial charge in [0.05, 0.1) is 29.2 Å². The molecule has 0 radical (unpaired) electrons. The van der Waals surface area contributed by atoms with E-state index in [-0.39, 0.29) is 58.5 Å². The van der Waals surface area contributed by atoms with Crippen LogP contribution in [0.5, 0.6) is 5.75 Å². The van der Waals surface area contributed by atoms with Gasteiger partial charge in [-0.3, -0.25) is 4.79 Å². The quantitative estimate of drug-likeness (QED) is 0.309. The number of nitrogens with zero attached hydrogens (tertiary/aromatic N) is 3. The molecular weight excluding hydrogens is 553 g/mol. The molecule has 11 heteroatoms.